The number of benzene rings is 1. The van der Waals surface area contributed by atoms with E-state index in [9.17, 15) is 19.5 Å². The van der Waals surface area contributed by atoms with Crippen LogP contribution in [0.25, 0.3) is 0 Å². The molecule has 2 atom stereocenters. The van der Waals surface area contributed by atoms with Gasteiger partial charge in [-0.25, -0.2) is 0 Å². The summed E-state index contributed by atoms with van der Waals surface area (Å²) >= 11 is 5.76. The van der Waals surface area contributed by atoms with Gasteiger partial charge in [0.15, 0.2) is 0 Å². The number of nitrogens with one attached hydrogen (secondary N) is 2. The van der Waals surface area contributed by atoms with Gasteiger partial charge in [-0.15, -0.1) is 0 Å². The third kappa shape index (κ3) is 4.82. The first-order valence-corrected chi connectivity index (χ1v) is 7.54. The molecule has 0 bridgehead atoms. The molecule has 2 rings (SSSR count). The Hall–Kier alpha value is -2.34. The first-order valence-electron chi connectivity index (χ1n) is 7.16. The zero-order chi connectivity index (χ0) is 16.8. The Labute approximate surface area is 138 Å². The maximum atomic E-state index is 12.0. The van der Waals surface area contributed by atoms with Gasteiger partial charge in [-0.05, 0) is 30.5 Å². The Kier molecular flexibility index (Phi) is 5.76. The van der Waals surface area contributed by atoms with Gasteiger partial charge in [0.1, 0.15) is 0 Å². The van der Waals surface area contributed by atoms with Crippen molar-refractivity contribution in [2.75, 3.05) is 0 Å². The molecular weight excluding hydrogens is 320 g/mol. The topological polar surface area (TPSA) is 98.3 Å². The minimum atomic E-state index is -1.26. The van der Waals surface area contributed by atoms with Crippen LogP contribution in [-0.2, 0) is 20.8 Å². The fourth-order valence-corrected chi connectivity index (χ4v) is 2.55. The quantitative estimate of drug-likeness (QED) is 0.613. The summed E-state index contributed by atoms with van der Waals surface area (Å²) in [6.07, 6.45) is 4.09. The molecule has 122 valence electrons. The summed E-state index contributed by atoms with van der Waals surface area (Å²) in [5, 5.41) is 11.6. The number of rotatable bonds is 4. The fraction of sp³-hybridized carbons (Fsp3) is 0.312. The van der Waals surface area contributed by atoms with Gasteiger partial charge in [0, 0.05) is 16.9 Å². The Morgan fingerprint density at radius 3 is 2.26 bits per heavy atom. The molecule has 1 aromatic carbocycles. The maximum Gasteiger partial charge on any atom is 0.242 e. The Morgan fingerprint density at radius 2 is 1.65 bits per heavy atom. The lowest BCUT2D eigenvalue weighted by Crippen LogP contribution is -2.49. The number of carboxylic acids is 1. The van der Waals surface area contributed by atoms with Crippen LogP contribution < -0.4 is 16.0 Å². The Balaban J connectivity index is 1.85. The van der Waals surface area contributed by atoms with E-state index < -0.39 is 29.6 Å². The van der Waals surface area contributed by atoms with Crippen molar-refractivity contribution >= 4 is 29.4 Å². The van der Waals surface area contributed by atoms with E-state index in [1.807, 2.05) is 0 Å². The highest BCUT2D eigenvalue weighted by molar-refractivity contribution is 6.30. The van der Waals surface area contributed by atoms with Gasteiger partial charge in [0.05, 0.1) is 12.3 Å². The lowest BCUT2D eigenvalue weighted by molar-refractivity contribution is -0.313. The second-order valence-corrected chi connectivity index (χ2v) is 5.75. The van der Waals surface area contributed by atoms with Crippen LogP contribution in [0.15, 0.2) is 36.4 Å². The highest BCUT2D eigenvalue weighted by atomic mass is 35.5. The average molecular weight is 336 g/mol. The molecule has 0 aliphatic heterocycles. The van der Waals surface area contributed by atoms with Crippen molar-refractivity contribution in [1.82, 2.24) is 10.9 Å². The maximum absolute atomic E-state index is 12.0. The van der Waals surface area contributed by atoms with Crippen LogP contribution >= 0.6 is 11.6 Å². The molecule has 0 unspecified atom stereocenters. The van der Waals surface area contributed by atoms with Gasteiger partial charge in [0.25, 0.3) is 0 Å². The second kappa shape index (κ2) is 7.78. The number of halogens is 1. The van der Waals surface area contributed by atoms with Crippen molar-refractivity contribution in [1.29, 1.82) is 0 Å². The van der Waals surface area contributed by atoms with Crippen LogP contribution in [0.5, 0.6) is 0 Å². The van der Waals surface area contributed by atoms with E-state index in [2.05, 4.69) is 10.9 Å². The van der Waals surface area contributed by atoms with Gasteiger partial charge in [-0.3, -0.25) is 20.4 Å². The molecule has 1 aromatic rings. The van der Waals surface area contributed by atoms with Crippen LogP contribution in [0, 0.1) is 11.8 Å². The van der Waals surface area contributed by atoms with Crippen molar-refractivity contribution in [3.8, 4) is 0 Å². The van der Waals surface area contributed by atoms with Crippen LogP contribution in [0.2, 0.25) is 5.02 Å². The largest absolute Gasteiger partial charge is 0.550 e. The SMILES string of the molecule is O=C(Cc1ccc(Cl)cc1)NNC(=O)[C@H]1CC=CC[C@@H]1C(=O)[O-]. The summed E-state index contributed by atoms with van der Waals surface area (Å²) in [6, 6.07) is 6.76. The smallest absolute Gasteiger partial charge is 0.242 e. The molecule has 2 N–H and O–H groups in total. The van der Waals surface area contributed by atoms with Gasteiger partial charge in [-0.1, -0.05) is 35.9 Å². The molecule has 23 heavy (non-hydrogen) atoms. The molecule has 0 radical (unpaired) electrons. The second-order valence-electron chi connectivity index (χ2n) is 5.32. The molecule has 0 saturated carbocycles. The predicted molar refractivity (Wildman–Crippen MR) is 81.8 cm³/mol. The van der Waals surface area contributed by atoms with Gasteiger partial charge in [0.2, 0.25) is 11.8 Å². The Morgan fingerprint density at radius 1 is 1.04 bits per heavy atom. The molecule has 0 heterocycles. The number of aliphatic carboxylic acids is 1. The van der Waals surface area contributed by atoms with E-state index in [1.54, 1.807) is 36.4 Å². The van der Waals surface area contributed by atoms with E-state index in [0.29, 0.717) is 11.4 Å². The zero-order valence-corrected chi connectivity index (χ0v) is 13.0. The predicted octanol–water partition coefficient (Wildman–Crippen LogP) is 0.362. The molecule has 6 nitrogen and oxygen atoms in total. The van der Waals surface area contributed by atoms with Crippen molar-refractivity contribution < 1.29 is 19.5 Å². The van der Waals surface area contributed by atoms with Gasteiger partial charge >= 0.3 is 0 Å². The number of hydrogen-bond acceptors (Lipinski definition) is 4. The summed E-state index contributed by atoms with van der Waals surface area (Å²) < 4.78 is 0. The Bertz CT molecular complexity index is 627. The molecule has 0 aromatic heterocycles. The summed E-state index contributed by atoms with van der Waals surface area (Å²) in [6.45, 7) is 0. The third-order valence-corrected chi connectivity index (χ3v) is 3.93. The molecule has 0 saturated heterocycles. The van der Waals surface area contributed by atoms with Crippen LogP contribution in [0.1, 0.15) is 18.4 Å². The van der Waals surface area contributed by atoms with E-state index in [1.165, 1.54) is 0 Å². The lowest BCUT2D eigenvalue weighted by atomic mass is 9.82. The van der Waals surface area contributed by atoms with E-state index >= 15 is 0 Å². The first-order chi connectivity index (χ1) is 11.0. The fourth-order valence-electron chi connectivity index (χ4n) is 2.42. The number of allylic oxidation sites excluding steroid dienone is 2. The number of carbonyl (C=O) groups is 3. The molecule has 0 fully saturated rings. The summed E-state index contributed by atoms with van der Waals surface area (Å²) in [5.41, 5.74) is 5.32. The number of hydrazine groups is 1. The van der Waals surface area contributed by atoms with Crippen LogP contribution in [0.3, 0.4) is 0 Å². The zero-order valence-electron chi connectivity index (χ0n) is 12.3. The summed E-state index contributed by atoms with van der Waals surface area (Å²) in [7, 11) is 0. The number of amides is 2. The first kappa shape index (κ1) is 17.0. The number of carboxylic acid groups (broad SMARTS) is 1. The average Bonchev–Trinajstić information content (AvgIpc) is 2.54. The minimum absolute atomic E-state index is 0.0753. The van der Waals surface area contributed by atoms with Crippen molar-refractivity contribution in [3.63, 3.8) is 0 Å². The summed E-state index contributed by atoms with van der Waals surface area (Å²) in [4.78, 5) is 34.9. The highest BCUT2D eigenvalue weighted by Gasteiger charge is 2.29. The minimum Gasteiger partial charge on any atom is -0.550 e. The van der Waals surface area contributed by atoms with Crippen molar-refractivity contribution in [3.05, 3.63) is 47.0 Å². The van der Waals surface area contributed by atoms with E-state index in [4.69, 9.17) is 11.6 Å². The molecule has 7 heteroatoms. The highest BCUT2D eigenvalue weighted by Crippen LogP contribution is 2.25. The molecule has 1 aliphatic carbocycles. The van der Waals surface area contributed by atoms with Crippen LogP contribution in [0.4, 0.5) is 0 Å². The van der Waals surface area contributed by atoms with Crippen molar-refractivity contribution in [2.24, 2.45) is 11.8 Å². The lowest BCUT2D eigenvalue weighted by Gasteiger charge is -2.28. The molecule has 0 spiro atoms. The standard InChI is InChI=1S/C16H17ClN2O4/c17-11-7-5-10(6-8-11)9-14(20)18-19-15(21)12-3-1-2-4-13(12)16(22)23/h1-2,5-8,12-13H,3-4,9H2,(H,18,20)(H,19,21)(H,22,23)/p-1/t12-,13-/m0/s1. The number of carbonyl (C=O) groups excluding carboxylic acids is 3. The van der Waals surface area contributed by atoms with E-state index in [-0.39, 0.29) is 12.8 Å². The van der Waals surface area contributed by atoms with E-state index in [0.717, 1.165) is 5.56 Å². The monoisotopic (exact) mass is 335 g/mol. The number of hydrogen-bond donors (Lipinski definition) is 2. The van der Waals surface area contributed by atoms with Gasteiger partial charge in [-0.2, -0.15) is 0 Å². The normalized spacial score (nSPS) is 19.9. The summed E-state index contributed by atoms with van der Waals surface area (Å²) in [5.74, 6) is -3.83. The van der Waals surface area contributed by atoms with Gasteiger partial charge < -0.3 is 9.90 Å². The molecular formula is C16H16ClN2O4-. The molecule has 1 aliphatic rings. The van der Waals surface area contributed by atoms with Crippen molar-refractivity contribution in [2.45, 2.75) is 19.3 Å². The third-order valence-electron chi connectivity index (χ3n) is 3.67. The molecule has 2 amide bonds. The van der Waals surface area contributed by atoms with Crippen LogP contribution in [-0.4, -0.2) is 17.8 Å².